The van der Waals surface area contributed by atoms with Gasteiger partial charge in [0, 0.05) is 6.54 Å². The van der Waals surface area contributed by atoms with Crippen LogP contribution < -0.4 is 5.32 Å². The third-order valence-corrected chi connectivity index (χ3v) is 3.60. The number of halogens is 1. The van der Waals surface area contributed by atoms with Crippen LogP contribution in [0.1, 0.15) is 22.3 Å². The van der Waals surface area contributed by atoms with Crippen molar-refractivity contribution >= 4 is 17.3 Å². The summed E-state index contributed by atoms with van der Waals surface area (Å²) in [5.41, 5.74) is 5.24. The molecule has 0 aliphatic carbocycles. The van der Waals surface area contributed by atoms with Gasteiger partial charge >= 0.3 is 0 Å². The zero-order valence-corrected chi connectivity index (χ0v) is 11.8. The SMILES string of the molecule is Cc1cccc(CNc2ccc(C#N)cc2Cl)c1C. The number of nitrogens with zero attached hydrogens (tertiary/aromatic N) is 1. The maximum absolute atomic E-state index is 8.80. The molecule has 0 unspecified atom stereocenters. The molecule has 0 aliphatic rings. The molecule has 0 aromatic heterocycles. The van der Waals surface area contributed by atoms with E-state index in [1.54, 1.807) is 12.1 Å². The van der Waals surface area contributed by atoms with Crippen molar-refractivity contribution in [2.24, 2.45) is 0 Å². The molecule has 0 radical (unpaired) electrons. The van der Waals surface area contributed by atoms with E-state index in [1.807, 2.05) is 6.07 Å². The Kier molecular flexibility index (Phi) is 4.09. The van der Waals surface area contributed by atoms with Gasteiger partial charge in [-0.1, -0.05) is 29.8 Å². The molecule has 0 bridgehead atoms. The molecule has 0 amide bonds. The molecule has 0 fully saturated rings. The lowest BCUT2D eigenvalue weighted by Crippen LogP contribution is -2.02. The number of benzene rings is 2. The van der Waals surface area contributed by atoms with Crippen molar-refractivity contribution in [3.05, 3.63) is 63.7 Å². The van der Waals surface area contributed by atoms with Crippen molar-refractivity contribution in [3.8, 4) is 6.07 Å². The van der Waals surface area contributed by atoms with Gasteiger partial charge in [-0.05, 0) is 48.7 Å². The highest BCUT2D eigenvalue weighted by Gasteiger charge is 2.04. The van der Waals surface area contributed by atoms with Gasteiger partial charge in [-0.25, -0.2) is 0 Å². The van der Waals surface area contributed by atoms with Crippen LogP contribution >= 0.6 is 11.6 Å². The van der Waals surface area contributed by atoms with Crippen LogP contribution in [0.2, 0.25) is 5.02 Å². The minimum Gasteiger partial charge on any atom is -0.380 e. The minimum atomic E-state index is 0.572. The summed E-state index contributed by atoms with van der Waals surface area (Å²) in [4.78, 5) is 0. The lowest BCUT2D eigenvalue weighted by molar-refractivity contribution is 1.10. The van der Waals surface area contributed by atoms with E-state index in [9.17, 15) is 0 Å². The lowest BCUT2D eigenvalue weighted by Gasteiger charge is -2.12. The topological polar surface area (TPSA) is 35.8 Å². The number of nitrogens with one attached hydrogen (secondary N) is 1. The molecular weight excluding hydrogens is 256 g/mol. The summed E-state index contributed by atoms with van der Waals surface area (Å²) in [6.45, 7) is 4.94. The van der Waals surface area contributed by atoms with Crippen molar-refractivity contribution < 1.29 is 0 Å². The molecule has 1 N–H and O–H groups in total. The van der Waals surface area contributed by atoms with E-state index in [0.29, 0.717) is 10.6 Å². The Bertz CT molecular complexity index is 642. The Balaban J connectivity index is 2.15. The Hall–Kier alpha value is -1.98. The Morgan fingerprint density at radius 2 is 2.00 bits per heavy atom. The first-order valence-electron chi connectivity index (χ1n) is 6.10. The molecule has 0 spiro atoms. The number of aryl methyl sites for hydroxylation is 1. The van der Waals surface area contributed by atoms with Gasteiger partial charge in [0.05, 0.1) is 22.3 Å². The normalized spacial score (nSPS) is 10.0. The standard InChI is InChI=1S/C16H15ClN2/c1-11-4-3-5-14(12(11)2)10-19-16-7-6-13(9-18)8-15(16)17/h3-8,19H,10H2,1-2H3. The number of anilines is 1. The van der Waals surface area contributed by atoms with E-state index in [-0.39, 0.29) is 0 Å². The summed E-state index contributed by atoms with van der Waals surface area (Å²) in [6.07, 6.45) is 0. The van der Waals surface area contributed by atoms with Crippen LogP contribution in [0.3, 0.4) is 0 Å². The first kappa shape index (κ1) is 13.5. The van der Waals surface area contributed by atoms with Crippen LogP contribution in [0.5, 0.6) is 0 Å². The molecule has 0 atom stereocenters. The molecule has 0 saturated heterocycles. The van der Waals surface area contributed by atoms with Crippen LogP contribution in [0, 0.1) is 25.2 Å². The fourth-order valence-corrected chi connectivity index (χ4v) is 2.17. The molecule has 0 saturated carbocycles. The zero-order chi connectivity index (χ0) is 13.8. The summed E-state index contributed by atoms with van der Waals surface area (Å²) in [6, 6.07) is 13.6. The summed E-state index contributed by atoms with van der Waals surface area (Å²) in [5, 5.41) is 12.7. The summed E-state index contributed by atoms with van der Waals surface area (Å²) in [7, 11) is 0. The van der Waals surface area contributed by atoms with Crippen LogP contribution in [0.4, 0.5) is 5.69 Å². The minimum absolute atomic E-state index is 0.572. The predicted molar refractivity (Wildman–Crippen MR) is 79.4 cm³/mol. The van der Waals surface area contributed by atoms with Crippen LogP contribution in [-0.2, 0) is 6.54 Å². The van der Waals surface area contributed by atoms with Gasteiger partial charge in [0.15, 0.2) is 0 Å². The second kappa shape index (κ2) is 5.77. The Morgan fingerprint density at radius 3 is 2.68 bits per heavy atom. The molecule has 0 aliphatic heterocycles. The molecule has 2 nitrogen and oxygen atoms in total. The van der Waals surface area contributed by atoms with E-state index >= 15 is 0 Å². The van der Waals surface area contributed by atoms with Gasteiger partial charge in [-0.15, -0.1) is 0 Å². The fourth-order valence-electron chi connectivity index (χ4n) is 1.92. The van der Waals surface area contributed by atoms with E-state index < -0.39 is 0 Å². The highest BCUT2D eigenvalue weighted by molar-refractivity contribution is 6.33. The van der Waals surface area contributed by atoms with E-state index in [2.05, 4.69) is 43.4 Å². The number of nitriles is 1. The monoisotopic (exact) mass is 270 g/mol. The highest BCUT2D eigenvalue weighted by atomic mass is 35.5. The molecule has 2 aromatic carbocycles. The van der Waals surface area contributed by atoms with Gasteiger partial charge < -0.3 is 5.32 Å². The third kappa shape index (κ3) is 3.07. The summed E-state index contributed by atoms with van der Waals surface area (Å²) < 4.78 is 0. The van der Waals surface area contributed by atoms with Gasteiger partial charge in [0.1, 0.15) is 0 Å². The molecule has 2 aromatic rings. The van der Waals surface area contributed by atoms with Gasteiger partial charge in [0.2, 0.25) is 0 Å². The second-order valence-corrected chi connectivity index (χ2v) is 4.93. The number of rotatable bonds is 3. The van der Waals surface area contributed by atoms with E-state index in [1.165, 1.54) is 16.7 Å². The van der Waals surface area contributed by atoms with Crippen LogP contribution in [0.25, 0.3) is 0 Å². The first-order valence-corrected chi connectivity index (χ1v) is 6.48. The van der Waals surface area contributed by atoms with E-state index in [0.717, 1.165) is 12.2 Å². The third-order valence-electron chi connectivity index (χ3n) is 3.28. The van der Waals surface area contributed by atoms with Crippen molar-refractivity contribution in [2.45, 2.75) is 20.4 Å². The van der Waals surface area contributed by atoms with Gasteiger partial charge in [-0.3, -0.25) is 0 Å². The number of hydrogen-bond donors (Lipinski definition) is 1. The maximum atomic E-state index is 8.80. The van der Waals surface area contributed by atoms with Crippen molar-refractivity contribution in [3.63, 3.8) is 0 Å². The second-order valence-electron chi connectivity index (χ2n) is 4.52. The Morgan fingerprint density at radius 1 is 1.21 bits per heavy atom. The van der Waals surface area contributed by atoms with Gasteiger partial charge in [0.25, 0.3) is 0 Å². The molecule has 0 heterocycles. The first-order chi connectivity index (χ1) is 9.11. The lowest BCUT2D eigenvalue weighted by atomic mass is 10.0. The quantitative estimate of drug-likeness (QED) is 0.895. The molecule has 3 heteroatoms. The average molecular weight is 271 g/mol. The van der Waals surface area contributed by atoms with Crippen molar-refractivity contribution in [1.82, 2.24) is 0 Å². The molecule has 19 heavy (non-hydrogen) atoms. The average Bonchev–Trinajstić information content (AvgIpc) is 2.41. The fraction of sp³-hybridized carbons (Fsp3) is 0.188. The zero-order valence-electron chi connectivity index (χ0n) is 11.0. The molecule has 2 rings (SSSR count). The smallest absolute Gasteiger partial charge is 0.0992 e. The van der Waals surface area contributed by atoms with Crippen molar-refractivity contribution in [1.29, 1.82) is 5.26 Å². The molecule has 96 valence electrons. The Labute approximate surface area is 118 Å². The van der Waals surface area contributed by atoms with Gasteiger partial charge in [-0.2, -0.15) is 5.26 Å². The predicted octanol–water partition coefficient (Wildman–Crippen LogP) is 4.44. The largest absolute Gasteiger partial charge is 0.380 e. The maximum Gasteiger partial charge on any atom is 0.0992 e. The van der Waals surface area contributed by atoms with Crippen molar-refractivity contribution in [2.75, 3.05) is 5.32 Å². The summed E-state index contributed by atoms with van der Waals surface area (Å²) in [5.74, 6) is 0. The van der Waals surface area contributed by atoms with E-state index in [4.69, 9.17) is 16.9 Å². The highest BCUT2D eigenvalue weighted by Crippen LogP contribution is 2.24. The molecular formula is C16H15ClN2. The summed E-state index contributed by atoms with van der Waals surface area (Å²) >= 11 is 6.13. The van der Waals surface area contributed by atoms with Crippen LogP contribution in [0.15, 0.2) is 36.4 Å². The number of hydrogen-bond acceptors (Lipinski definition) is 2. The van der Waals surface area contributed by atoms with Crippen LogP contribution in [-0.4, -0.2) is 0 Å².